The lowest BCUT2D eigenvalue weighted by Gasteiger charge is -2.21. The number of nitrogens with zero attached hydrogens (tertiary/aromatic N) is 1. The fourth-order valence-corrected chi connectivity index (χ4v) is 2.28. The van der Waals surface area contributed by atoms with Crippen LogP contribution in [0.1, 0.15) is 23.2 Å². The topological polar surface area (TPSA) is 110 Å². The number of carbonyl (C=O) groups excluding carboxylic acids is 2. The fraction of sp³-hybridized carbons (Fsp3) is 0.357. The van der Waals surface area contributed by atoms with Crippen LogP contribution in [0.4, 0.5) is 0 Å². The molecule has 0 unspecified atom stereocenters. The number of carboxylic acid groups (broad SMARTS) is 1. The third-order valence-electron chi connectivity index (χ3n) is 3.28. The molecule has 0 spiro atoms. The number of carbonyl (C=O) groups is 3. The number of aliphatic carboxylic acids is 1. The first-order valence-electron chi connectivity index (χ1n) is 6.54. The molecule has 0 radical (unpaired) electrons. The average Bonchev–Trinajstić information content (AvgIpc) is 2.94. The maximum Gasteiger partial charge on any atom is 0.326 e. The molecule has 3 N–H and O–H groups in total. The minimum atomic E-state index is -0.984. The molecule has 0 saturated carbocycles. The van der Waals surface area contributed by atoms with E-state index in [4.69, 9.17) is 15.6 Å². The van der Waals surface area contributed by atoms with E-state index in [1.807, 2.05) is 0 Å². The van der Waals surface area contributed by atoms with Crippen molar-refractivity contribution in [1.82, 2.24) is 4.90 Å². The van der Waals surface area contributed by atoms with Gasteiger partial charge >= 0.3 is 5.97 Å². The Bertz CT molecular complexity index is 555. The van der Waals surface area contributed by atoms with Crippen molar-refractivity contribution < 1.29 is 24.2 Å². The maximum atomic E-state index is 12.3. The summed E-state index contributed by atoms with van der Waals surface area (Å²) in [5.41, 5.74) is 5.35. The van der Waals surface area contributed by atoms with Crippen molar-refractivity contribution in [1.29, 1.82) is 0 Å². The zero-order valence-corrected chi connectivity index (χ0v) is 11.3. The maximum absolute atomic E-state index is 12.3. The Balaban J connectivity index is 2.06. The van der Waals surface area contributed by atoms with Crippen LogP contribution in [0, 0.1) is 0 Å². The molecule has 21 heavy (non-hydrogen) atoms. The van der Waals surface area contributed by atoms with Crippen molar-refractivity contribution in [2.45, 2.75) is 18.9 Å². The number of amides is 2. The van der Waals surface area contributed by atoms with Gasteiger partial charge in [0.1, 0.15) is 11.8 Å². The highest BCUT2D eigenvalue weighted by Crippen LogP contribution is 2.21. The Hall–Kier alpha value is -2.57. The number of ether oxygens (including phenoxy) is 1. The van der Waals surface area contributed by atoms with E-state index in [2.05, 4.69) is 0 Å². The van der Waals surface area contributed by atoms with Crippen LogP contribution in [0.2, 0.25) is 0 Å². The summed E-state index contributed by atoms with van der Waals surface area (Å²) in [5, 5.41) is 9.09. The molecule has 1 aromatic carbocycles. The highest BCUT2D eigenvalue weighted by Gasteiger charge is 2.34. The van der Waals surface area contributed by atoms with Crippen molar-refractivity contribution in [3.8, 4) is 5.75 Å². The number of rotatable bonds is 5. The van der Waals surface area contributed by atoms with E-state index < -0.39 is 17.9 Å². The summed E-state index contributed by atoms with van der Waals surface area (Å²) in [6.07, 6.45) is 1.16. The van der Waals surface area contributed by atoms with Crippen LogP contribution >= 0.6 is 0 Å². The lowest BCUT2D eigenvalue weighted by atomic mass is 10.1. The van der Waals surface area contributed by atoms with Gasteiger partial charge in [-0.15, -0.1) is 0 Å². The van der Waals surface area contributed by atoms with Crippen molar-refractivity contribution in [2.75, 3.05) is 13.2 Å². The van der Waals surface area contributed by atoms with Crippen LogP contribution in [0.3, 0.4) is 0 Å². The molecule has 1 heterocycles. The Kier molecular flexibility index (Phi) is 4.42. The summed E-state index contributed by atoms with van der Waals surface area (Å²) >= 11 is 0. The highest BCUT2D eigenvalue weighted by atomic mass is 16.5. The SMILES string of the molecule is NC(=O)COc1ccc(C(=O)N2CCC[C@H]2C(=O)O)cc1. The lowest BCUT2D eigenvalue weighted by Crippen LogP contribution is -2.40. The van der Waals surface area contributed by atoms with Crippen LogP contribution < -0.4 is 10.5 Å². The summed E-state index contributed by atoms with van der Waals surface area (Å²) in [4.78, 5) is 35.3. The van der Waals surface area contributed by atoms with Gasteiger partial charge in [0.2, 0.25) is 0 Å². The molecular formula is C14H16N2O5. The van der Waals surface area contributed by atoms with Crippen LogP contribution in [0.5, 0.6) is 5.75 Å². The lowest BCUT2D eigenvalue weighted by molar-refractivity contribution is -0.141. The van der Waals surface area contributed by atoms with E-state index in [9.17, 15) is 14.4 Å². The largest absolute Gasteiger partial charge is 0.484 e. The standard InChI is InChI=1S/C14H16N2O5/c15-12(17)8-21-10-5-3-9(4-6-10)13(18)16-7-1-2-11(16)14(19)20/h3-6,11H,1-2,7-8H2,(H2,15,17)(H,19,20)/t11-/m0/s1. The summed E-state index contributed by atoms with van der Waals surface area (Å²) < 4.78 is 5.09. The van der Waals surface area contributed by atoms with Crippen LogP contribution in [-0.2, 0) is 9.59 Å². The minimum Gasteiger partial charge on any atom is -0.484 e. The zero-order chi connectivity index (χ0) is 15.4. The molecule has 7 nitrogen and oxygen atoms in total. The molecule has 0 bridgehead atoms. The molecule has 1 aliphatic heterocycles. The highest BCUT2D eigenvalue weighted by molar-refractivity contribution is 5.97. The normalized spacial score (nSPS) is 17.5. The number of nitrogens with two attached hydrogens (primary N) is 1. The first-order valence-corrected chi connectivity index (χ1v) is 6.54. The minimum absolute atomic E-state index is 0.236. The Morgan fingerprint density at radius 1 is 1.29 bits per heavy atom. The third kappa shape index (κ3) is 3.50. The average molecular weight is 292 g/mol. The molecular weight excluding hydrogens is 276 g/mol. The van der Waals surface area contributed by atoms with E-state index in [1.165, 1.54) is 17.0 Å². The number of likely N-dealkylation sites (tertiary alicyclic amines) is 1. The van der Waals surface area contributed by atoms with E-state index in [0.29, 0.717) is 30.7 Å². The monoisotopic (exact) mass is 292 g/mol. The van der Waals surface area contributed by atoms with Crippen molar-refractivity contribution >= 4 is 17.8 Å². The predicted molar refractivity (Wildman–Crippen MR) is 72.8 cm³/mol. The van der Waals surface area contributed by atoms with Crippen molar-refractivity contribution in [3.63, 3.8) is 0 Å². The number of hydrogen-bond donors (Lipinski definition) is 2. The summed E-state index contributed by atoms with van der Waals surface area (Å²) in [7, 11) is 0. The summed E-state index contributed by atoms with van der Waals surface area (Å²) in [5.74, 6) is -1.47. The molecule has 2 rings (SSSR count). The molecule has 112 valence electrons. The van der Waals surface area contributed by atoms with Gasteiger partial charge in [0.05, 0.1) is 0 Å². The molecule has 1 atom stereocenters. The predicted octanol–water partition coefficient (Wildman–Crippen LogP) is 0.240. The van der Waals surface area contributed by atoms with Gasteiger partial charge in [-0.1, -0.05) is 0 Å². The Labute approximate surface area is 121 Å². The zero-order valence-electron chi connectivity index (χ0n) is 11.3. The van der Waals surface area contributed by atoms with Gasteiger partial charge < -0.3 is 20.5 Å². The molecule has 1 fully saturated rings. The second kappa shape index (κ2) is 6.25. The fourth-order valence-electron chi connectivity index (χ4n) is 2.28. The van der Waals surface area contributed by atoms with Gasteiger partial charge in [-0.2, -0.15) is 0 Å². The van der Waals surface area contributed by atoms with Gasteiger partial charge in [0, 0.05) is 12.1 Å². The molecule has 2 amide bonds. The third-order valence-corrected chi connectivity index (χ3v) is 3.28. The van der Waals surface area contributed by atoms with E-state index in [-0.39, 0.29) is 12.5 Å². The molecule has 7 heteroatoms. The Morgan fingerprint density at radius 3 is 2.52 bits per heavy atom. The van der Waals surface area contributed by atoms with Crippen LogP contribution in [0.15, 0.2) is 24.3 Å². The van der Waals surface area contributed by atoms with Gasteiger partial charge in [0.15, 0.2) is 6.61 Å². The first-order chi connectivity index (χ1) is 9.99. The molecule has 0 aliphatic carbocycles. The van der Waals surface area contributed by atoms with Gasteiger partial charge in [-0.3, -0.25) is 9.59 Å². The van der Waals surface area contributed by atoms with E-state index in [1.54, 1.807) is 12.1 Å². The van der Waals surface area contributed by atoms with Crippen molar-refractivity contribution in [2.24, 2.45) is 5.73 Å². The summed E-state index contributed by atoms with van der Waals surface area (Å²) in [6.45, 7) is 0.205. The number of hydrogen-bond acceptors (Lipinski definition) is 4. The molecule has 1 aliphatic rings. The van der Waals surface area contributed by atoms with E-state index in [0.717, 1.165) is 0 Å². The van der Waals surface area contributed by atoms with Gasteiger partial charge in [-0.25, -0.2) is 4.79 Å². The molecule has 1 saturated heterocycles. The molecule has 0 aromatic heterocycles. The Morgan fingerprint density at radius 2 is 1.95 bits per heavy atom. The van der Waals surface area contributed by atoms with Crippen LogP contribution in [0.25, 0.3) is 0 Å². The van der Waals surface area contributed by atoms with Crippen molar-refractivity contribution in [3.05, 3.63) is 29.8 Å². The molecule has 1 aromatic rings. The summed E-state index contributed by atoms with van der Waals surface area (Å²) in [6, 6.07) is 5.40. The smallest absolute Gasteiger partial charge is 0.326 e. The van der Waals surface area contributed by atoms with E-state index >= 15 is 0 Å². The van der Waals surface area contributed by atoms with Crippen LogP contribution in [-0.4, -0.2) is 47.0 Å². The second-order valence-corrected chi connectivity index (χ2v) is 4.77. The second-order valence-electron chi connectivity index (χ2n) is 4.77. The number of carboxylic acids is 1. The number of primary amides is 1. The first kappa shape index (κ1) is 14.8. The van der Waals surface area contributed by atoms with Gasteiger partial charge in [-0.05, 0) is 37.1 Å². The number of benzene rings is 1. The quantitative estimate of drug-likeness (QED) is 0.807. The van der Waals surface area contributed by atoms with Gasteiger partial charge in [0.25, 0.3) is 11.8 Å².